The molecule has 1 fully saturated rings. The van der Waals surface area contributed by atoms with Crippen molar-refractivity contribution >= 4 is 17.7 Å². The van der Waals surface area contributed by atoms with Crippen LogP contribution in [-0.2, 0) is 23.9 Å². The maximum Gasteiger partial charge on any atom is 0.338 e. The largest absolute Gasteiger partial charge is 0.462 e. The maximum absolute atomic E-state index is 12.6. The molecule has 0 radical (unpaired) electrons. The van der Waals surface area contributed by atoms with Crippen molar-refractivity contribution in [1.29, 1.82) is 0 Å². The molecule has 0 aromatic rings. The van der Waals surface area contributed by atoms with Crippen molar-refractivity contribution in [2.45, 2.75) is 46.6 Å². The fourth-order valence-electron chi connectivity index (χ4n) is 3.46. The van der Waals surface area contributed by atoms with Gasteiger partial charge in [-0.25, -0.2) is 4.79 Å². The van der Waals surface area contributed by atoms with Gasteiger partial charge in [0.05, 0.1) is 25.0 Å². The molecule has 5 nitrogen and oxygen atoms in total. The molecule has 1 unspecified atom stereocenters. The molecule has 0 heterocycles. The van der Waals surface area contributed by atoms with Crippen LogP contribution in [0.15, 0.2) is 41.7 Å². The minimum Gasteiger partial charge on any atom is -0.462 e. The first kappa shape index (κ1) is 19.9. The van der Waals surface area contributed by atoms with Crippen molar-refractivity contribution < 1.29 is 23.9 Å². The van der Waals surface area contributed by atoms with E-state index in [1.54, 1.807) is 19.1 Å². The van der Waals surface area contributed by atoms with E-state index in [0.717, 1.165) is 5.57 Å². The van der Waals surface area contributed by atoms with Gasteiger partial charge in [0.15, 0.2) is 5.78 Å². The normalized spacial score (nSPS) is 26.0. The van der Waals surface area contributed by atoms with Crippen LogP contribution < -0.4 is 0 Å². The number of hydrogen-bond donors (Lipinski definition) is 0. The molecule has 0 spiro atoms. The van der Waals surface area contributed by atoms with Gasteiger partial charge in [0.2, 0.25) is 0 Å². The molecule has 5 heteroatoms. The third kappa shape index (κ3) is 4.05. The molecule has 0 saturated heterocycles. The summed E-state index contributed by atoms with van der Waals surface area (Å²) in [5, 5.41) is 0. The van der Waals surface area contributed by atoms with Gasteiger partial charge in [-0.3, -0.25) is 9.59 Å². The van der Waals surface area contributed by atoms with Gasteiger partial charge in [-0.2, -0.15) is 0 Å². The summed E-state index contributed by atoms with van der Waals surface area (Å²) in [4.78, 5) is 35.9. The third-order valence-corrected chi connectivity index (χ3v) is 5.20. The monoisotopic (exact) mass is 358 g/mol. The van der Waals surface area contributed by atoms with Crippen LogP contribution in [0.4, 0.5) is 0 Å². The predicted molar refractivity (Wildman–Crippen MR) is 97.1 cm³/mol. The first-order chi connectivity index (χ1) is 12.2. The lowest BCUT2D eigenvalue weighted by molar-refractivity contribution is -0.150. The molecule has 26 heavy (non-hydrogen) atoms. The summed E-state index contributed by atoms with van der Waals surface area (Å²) >= 11 is 0. The minimum absolute atomic E-state index is 0.0177. The molecule has 2 aliphatic rings. The van der Waals surface area contributed by atoms with E-state index in [1.165, 1.54) is 6.08 Å². The van der Waals surface area contributed by atoms with Crippen molar-refractivity contribution in [2.24, 2.45) is 17.3 Å². The van der Waals surface area contributed by atoms with Gasteiger partial charge in [-0.05, 0) is 37.3 Å². The fraction of sp³-hybridized carbons (Fsp3) is 0.524. The van der Waals surface area contributed by atoms with Crippen LogP contribution in [0.1, 0.15) is 40.5 Å². The highest BCUT2D eigenvalue weighted by molar-refractivity contribution is 6.00. The number of ketones is 1. The second kappa shape index (κ2) is 7.88. The highest BCUT2D eigenvalue weighted by Gasteiger charge is 2.61. The Morgan fingerprint density at radius 2 is 2.08 bits per heavy atom. The number of Topliss-reactive ketones (excluding diaryl/α,β-unsaturated/α-hetero) is 1. The molecular formula is C21H26O5. The number of rotatable bonds is 7. The lowest BCUT2D eigenvalue weighted by Gasteiger charge is -2.13. The molecule has 1 saturated carbocycles. The number of hydrogen-bond acceptors (Lipinski definition) is 5. The molecule has 0 aliphatic heterocycles. The number of allylic oxidation sites excluding steroid dienone is 2. The Morgan fingerprint density at radius 1 is 1.38 bits per heavy atom. The quantitative estimate of drug-likeness (QED) is 0.302. The van der Waals surface area contributed by atoms with E-state index in [4.69, 9.17) is 9.47 Å². The van der Waals surface area contributed by atoms with Crippen LogP contribution in [0.2, 0.25) is 0 Å². The van der Waals surface area contributed by atoms with Gasteiger partial charge in [-0.15, -0.1) is 12.3 Å². The Labute approximate surface area is 154 Å². The zero-order valence-electron chi connectivity index (χ0n) is 15.8. The molecule has 140 valence electrons. The average molecular weight is 358 g/mol. The van der Waals surface area contributed by atoms with E-state index in [9.17, 15) is 14.4 Å². The van der Waals surface area contributed by atoms with Crippen LogP contribution in [0.5, 0.6) is 0 Å². The van der Waals surface area contributed by atoms with E-state index >= 15 is 0 Å². The Balaban J connectivity index is 2.02. The summed E-state index contributed by atoms with van der Waals surface area (Å²) in [5.41, 5.74) is 4.04. The fourth-order valence-corrected chi connectivity index (χ4v) is 3.46. The summed E-state index contributed by atoms with van der Waals surface area (Å²) in [6.07, 6.45) is 4.84. The van der Waals surface area contributed by atoms with Gasteiger partial charge in [0, 0.05) is 11.5 Å². The molecule has 0 aromatic carbocycles. The Bertz CT molecular complexity index is 719. The zero-order valence-corrected chi connectivity index (χ0v) is 15.8. The molecule has 3 atom stereocenters. The molecule has 0 aromatic heterocycles. The van der Waals surface area contributed by atoms with Crippen molar-refractivity contribution in [3.05, 3.63) is 41.7 Å². The first-order valence-electron chi connectivity index (χ1n) is 8.87. The zero-order chi connectivity index (χ0) is 19.5. The highest BCUT2D eigenvalue weighted by atomic mass is 16.5. The Kier molecular flexibility index (Phi) is 6.04. The van der Waals surface area contributed by atoms with Crippen molar-refractivity contribution in [2.75, 3.05) is 6.61 Å². The van der Waals surface area contributed by atoms with E-state index < -0.39 is 12.1 Å². The lowest BCUT2D eigenvalue weighted by Crippen LogP contribution is -2.20. The molecule has 2 rings (SSSR count). The van der Waals surface area contributed by atoms with Gasteiger partial charge in [0.1, 0.15) is 6.10 Å². The minimum atomic E-state index is -0.485. The average Bonchev–Trinajstić information content (AvgIpc) is 3.01. The third-order valence-electron chi connectivity index (χ3n) is 5.20. The molecule has 0 amide bonds. The molecule has 2 aliphatic carbocycles. The maximum atomic E-state index is 12.6. The summed E-state index contributed by atoms with van der Waals surface area (Å²) in [7, 11) is 0. The van der Waals surface area contributed by atoms with Gasteiger partial charge in [0.25, 0.3) is 0 Å². The molecule has 0 bridgehead atoms. The van der Waals surface area contributed by atoms with E-state index in [-0.39, 0.29) is 35.4 Å². The van der Waals surface area contributed by atoms with Crippen LogP contribution in [0, 0.1) is 17.3 Å². The predicted octanol–water partition coefficient (Wildman–Crippen LogP) is 3.31. The van der Waals surface area contributed by atoms with Crippen LogP contribution in [-0.4, -0.2) is 30.4 Å². The van der Waals surface area contributed by atoms with Crippen LogP contribution in [0.3, 0.4) is 0 Å². The topological polar surface area (TPSA) is 69.7 Å². The molecule has 0 N–H and O–H groups in total. The second-order valence-electron chi connectivity index (χ2n) is 7.26. The number of carbonyl (C=O) groups is 3. The summed E-state index contributed by atoms with van der Waals surface area (Å²) in [6, 6.07) is 0. The Morgan fingerprint density at radius 3 is 2.69 bits per heavy atom. The van der Waals surface area contributed by atoms with E-state index in [2.05, 4.69) is 12.3 Å². The summed E-state index contributed by atoms with van der Waals surface area (Å²) < 4.78 is 10.4. The van der Waals surface area contributed by atoms with Crippen LogP contribution in [0.25, 0.3) is 0 Å². The van der Waals surface area contributed by atoms with Crippen molar-refractivity contribution in [3.8, 4) is 0 Å². The number of ether oxygens (including phenoxy) is 2. The van der Waals surface area contributed by atoms with E-state index in [0.29, 0.717) is 18.6 Å². The van der Waals surface area contributed by atoms with Gasteiger partial charge in [-0.1, -0.05) is 19.9 Å². The van der Waals surface area contributed by atoms with Gasteiger partial charge < -0.3 is 9.47 Å². The number of carbonyl (C=O) groups excluding carboxylic acids is 3. The summed E-state index contributed by atoms with van der Waals surface area (Å²) in [6.45, 7) is 11.5. The van der Waals surface area contributed by atoms with Crippen molar-refractivity contribution in [1.82, 2.24) is 0 Å². The number of esters is 2. The Hall–Kier alpha value is -2.39. The molecular weight excluding hydrogens is 332 g/mol. The van der Waals surface area contributed by atoms with Crippen molar-refractivity contribution in [3.63, 3.8) is 0 Å². The first-order valence-corrected chi connectivity index (χ1v) is 8.87. The second-order valence-corrected chi connectivity index (χ2v) is 7.26. The summed E-state index contributed by atoms with van der Waals surface area (Å²) in [5.74, 6) is -1.12. The van der Waals surface area contributed by atoms with E-state index in [1.807, 2.05) is 20.8 Å². The standard InChI is InChI=1S/C21H26O5/c1-6-9-14-13(3)17(12-16(14)22)26-20(24)19-15(21(19,4)5)10-8-11-18(23)25-7-2/h6,10-11,15,17,19H,1,7,9,12H2,2-5H3/t8?,15-,17?,19+/m1/s1. The SMILES string of the molecule is C=CCC1=C(C)C(OC(=O)[C@@H]2[C@@H](C=C=CC(=O)OCC)C2(C)C)CC1=O. The highest BCUT2D eigenvalue weighted by Crippen LogP contribution is 2.59. The van der Waals surface area contributed by atoms with Crippen LogP contribution >= 0.6 is 0 Å². The lowest BCUT2D eigenvalue weighted by atomic mass is 10.1. The smallest absolute Gasteiger partial charge is 0.338 e. The van der Waals surface area contributed by atoms with Gasteiger partial charge >= 0.3 is 11.9 Å².